The number of aryl methyl sites for hydroxylation is 2. The van der Waals surface area contributed by atoms with Crippen molar-refractivity contribution in [3.63, 3.8) is 0 Å². The number of carbonyl (C=O) groups is 1. The maximum atomic E-state index is 12.9. The Morgan fingerprint density at radius 2 is 1.92 bits per heavy atom. The Morgan fingerprint density at radius 1 is 1.19 bits per heavy atom. The molecule has 1 aliphatic rings. The molecule has 0 unspecified atom stereocenters. The molecule has 7 heteroatoms. The van der Waals surface area contributed by atoms with Gasteiger partial charge in [-0.2, -0.15) is 0 Å². The molecule has 1 amide bonds. The summed E-state index contributed by atoms with van der Waals surface area (Å²) in [6.07, 6.45) is 2.35. The summed E-state index contributed by atoms with van der Waals surface area (Å²) in [6.45, 7) is 5.88. The number of thiophene rings is 1. The predicted molar refractivity (Wildman–Crippen MR) is 108 cm³/mol. The van der Waals surface area contributed by atoms with E-state index in [0.717, 1.165) is 40.5 Å². The van der Waals surface area contributed by atoms with Gasteiger partial charge in [0.1, 0.15) is 16.5 Å². The monoisotopic (exact) mass is 386 g/mol. The normalized spacial score (nSPS) is 14.2. The predicted octanol–water partition coefficient (Wildman–Crippen LogP) is 4.81. The van der Waals surface area contributed by atoms with Gasteiger partial charge in [0.05, 0.1) is 21.0 Å². The van der Waals surface area contributed by atoms with Crippen LogP contribution in [-0.2, 0) is 0 Å². The molecule has 0 spiro atoms. The first-order valence-electron chi connectivity index (χ1n) is 8.63. The van der Waals surface area contributed by atoms with Crippen molar-refractivity contribution in [2.24, 2.45) is 0 Å². The first kappa shape index (κ1) is 17.2. The van der Waals surface area contributed by atoms with Gasteiger partial charge in [-0.25, -0.2) is 9.97 Å². The van der Waals surface area contributed by atoms with Gasteiger partial charge in [0, 0.05) is 13.1 Å². The van der Waals surface area contributed by atoms with E-state index in [4.69, 9.17) is 11.6 Å². The Balaban J connectivity index is 1.76. The number of benzene rings is 1. The fourth-order valence-electron chi connectivity index (χ4n) is 3.34. The average Bonchev–Trinajstić information content (AvgIpc) is 3.25. The van der Waals surface area contributed by atoms with E-state index in [9.17, 15) is 4.79 Å². The van der Waals surface area contributed by atoms with Crippen LogP contribution in [0.25, 0.3) is 10.2 Å². The highest BCUT2D eigenvalue weighted by atomic mass is 35.5. The van der Waals surface area contributed by atoms with E-state index in [2.05, 4.69) is 20.2 Å². The van der Waals surface area contributed by atoms with Crippen LogP contribution in [0.2, 0.25) is 5.02 Å². The zero-order valence-corrected chi connectivity index (χ0v) is 16.2. The van der Waals surface area contributed by atoms with Gasteiger partial charge in [0.15, 0.2) is 0 Å². The molecule has 0 atom stereocenters. The molecule has 3 aromatic rings. The number of halogens is 1. The van der Waals surface area contributed by atoms with Crippen molar-refractivity contribution in [3.05, 3.63) is 45.6 Å². The fraction of sp³-hybridized carbons (Fsp3) is 0.316. The van der Waals surface area contributed by atoms with E-state index in [0.29, 0.717) is 15.6 Å². The van der Waals surface area contributed by atoms with Crippen molar-refractivity contribution < 1.29 is 4.79 Å². The third-order valence-electron chi connectivity index (χ3n) is 4.62. The van der Waals surface area contributed by atoms with Gasteiger partial charge in [0.2, 0.25) is 0 Å². The van der Waals surface area contributed by atoms with Crippen LogP contribution in [0, 0.1) is 13.8 Å². The molecule has 1 aliphatic heterocycles. The molecule has 1 saturated heterocycles. The van der Waals surface area contributed by atoms with Crippen molar-refractivity contribution >= 4 is 50.6 Å². The molecule has 5 nitrogen and oxygen atoms in total. The molecule has 0 aliphatic carbocycles. The highest BCUT2D eigenvalue weighted by Crippen LogP contribution is 2.37. The SMILES string of the molecule is Cc1nc(N2CCCC2)c2c(C)c(C(=O)Nc3ccccc3Cl)sc2n1. The molecule has 1 aromatic carbocycles. The van der Waals surface area contributed by atoms with Crippen molar-refractivity contribution in [2.75, 3.05) is 23.3 Å². The third-order valence-corrected chi connectivity index (χ3v) is 6.13. The van der Waals surface area contributed by atoms with E-state index >= 15 is 0 Å². The molecular weight excluding hydrogens is 368 g/mol. The summed E-state index contributed by atoms with van der Waals surface area (Å²) in [5.74, 6) is 1.53. The lowest BCUT2D eigenvalue weighted by molar-refractivity contribution is 0.103. The first-order chi connectivity index (χ1) is 12.5. The molecule has 2 aromatic heterocycles. The zero-order valence-electron chi connectivity index (χ0n) is 14.7. The number of rotatable bonds is 3. The molecule has 1 fully saturated rings. The van der Waals surface area contributed by atoms with Gasteiger partial charge in [-0.15, -0.1) is 11.3 Å². The van der Waals surface area contributed by atoms with Crippen LogP contribution >= 0.6 is 22.9 Å². The summed E-state index contributed by atoms with van der Waals surface area (Å²) in [5.41, 5.74) is 1.54. The van der Waals surface area contributed by atoms with Crippen molar-refractivity contribution in [1.29, 1.82) is 0 Å². The minimum absolute atomic E-state index is 0.163. The second-order valence-corrected chi connectivity index (χ2v) is 7.87. The third kappa shape index (κ3) is 3.04. The standard InChI is InChI=1S/C19H19ClN4OS/c1-11-15-17(24-9-5-6-10-24)21-12(2)22-19(15)26-16(11)18(25)23-14-8-4-3-7-13(14)20/h3-4,7-8H,5-6,9-10H2,1-2H3,(H,23,25). The summed E-state index contributed by atoms with van der Waals surface area (Å²) < 4.78 is 0. The van der Waals surface area contributed by atoms with Gasteiger partial charge in [0.25, 0.3) is 5.91 Å². The topological polar surface area (TPSA) is 58.1 Å². The van der Waals surface area contributed by atoms with Gasteiger partial charge < -0.3 is 10.2 Å². The number of para-hydroxylation sites is 1. The van der Waals surface area contributed by atoms with E-state index in [1.54, 1.807) is 12.1 Å². The van der Waals surface area contributed by atoms with Crippen LogP contribution in [0.5, 0.6) is 0 Å². The van der Waals surface area contributed by atoms with E-state index in [1.165, 1.54) is 24.2 Å². The average molecular weight is 387 g/mol. The zero-order chi connectivity index (χ0) is 18.3. The Labute approximate surface area is 161 Å². The molecular formula is C19H19ClN4OS. The minimum Gasteiger partial charge on any atom is -0.356 e. The Morgan fingerprint density at radius 3 is 2.65 bits per heavy atom. The van der Waals surface area contributed by atoms with Crippen LogP contribution in [0.1, 0.15) is 33.9 Å². The minimum atomic E-state index is -0.163. The van der Waals surface area contributed by atoms with Crippen molar-refractivity contribution in [2.45, 2.75) is 26.7 Å². The summed E-state index contributed by atoms with van der Waals surface area (Å²) in [5, 5.41) is 4.42. The number of hydrogen-bond acceptors (Lipinski definition) is 5. The Hall–Kier alpha value is -2.18. The molecule has 4 rings (SSSR count). The maximum Gasteiger partial charge on any atom is 0.266 e. The number of amides is 1. The quantitative estimate of drug-likeness (QED) is 0.701. The molecule has 134 valence electrons. The smallest absolute Gasteiger partial charge is 0.266 e. The van der Waals surface area contributed by atoms with Crippen molar-refractivity contribution in [3.8, 4) is 0 Å². The summed E-state index contributed by atoms with van der Waals surface area (Å²) in [6, 6.07) is 7.24. The maximum absolute atomic E-state index is 12.9. The Bertz CT molecular complexity index is 995. The van der Waals surface area contributed by atoms with Gasteiger partial charge in [-0.3, -0.25) is 4.79 Å². The second-order valence-electron chi connectivity index (χ2n) is 6.46. The number of anilines is 2. The van der Waals surface area contributed by atoms with Crippen LogP contribution in [0.15, 0.2) is 24.3 Å². The van der Waals surface area contributed by atoms with Gasteiger partial charge in [-0.05, 0) is 44.4 Å². The fourth-order valence-corrected chi connectivity index (χ4v) is 4.64. The second kappa shape index (κ2) is 6.85. The summed E-state index contributed by atoms with van der Waals surface area (Å²) in [4.78, 5) is 25.9. The molecule has 26 heavy (non-hydrogen) atoms. The molecule has 0 bridgehead atoms. The van der Waals surface area contributed by atoms with Crippen molar-refractivity contribution in [1.82, 2.24) is 9.97 Å². The highest BCUT2D eigenvalue weighted by molar-refractivity contribution is 7.20. The lowest BCUT2D eigenvalue weighted by Gasteiger charge is -2.18. The summed E-state index contributed by atoms with van der Waals surface area (Å²) in [7, 11) is 0. The number of aromatic nitrogens is 2. The number of fused-ring (bicyclic) bond motifs is 1. The van der Waals surface area contributed by atoms with Crippen LogP contribution < -0.4 is 10.2 Å². The van der Waals surface area contributed by atoms with Crippen LogP contribution in [0.4, 0.5) is 11.5 Å². The van der Waals surface area contributed by atoms with E-state index in [-0.39, 0.29) is 5.91 Å². The molecule has 3 heterocycles. The number of carbonyl (C=O) groups excluding carboxylic acids is 1. The van der Waals surface area contributed by atoms with Gasteiger partial charge in [-0.1, -0.05) is 23.7 Å². The lowest BCUT2D eigenvalue weighted by atomic mass is 10.2. The van der Waals surface area contributed by atoms with Crippen LogP contribution in [-0.4, -0.2) is 29.0 Å². The first-order valence-corrected chi connectivity index (χ1v) is 9.82. The molecule has 1 N–H and O–H groups in total. The summed E-state index contributed by atoms with van der Waals surface area (Å²) >= 11 is 7.58. The largest absolute Gasteiger partial charge is 0.356 e. The number of nitrogens with zero attached hydrogens (tertiary/aromatic N) is 3. The highest BCUT2D eigenvalue weighted by Gasteiger charge is 2.24. The molecule has 0 radical (unpaired) electrons. The number of nitrogens with one attached hydrogen (secondary N) is 1. The lowest BCUT2D eigenvalue weighted by Crippen LogP contribution is -2.20. The van der Waals surface area contributed by atoms with E-state index in [1.807, 2.05) is 26.0 Å². The molecule has 0 saturated carbocycles. The Kier molecular flexibility index (Phi) is 4.54. The van der Waals surface area contributed by atoms with Crippen LogP contribution in [0.3, 0.4) is 0 Å². The van der Waals surface area contributed by atoms with Gasteiger partial charge >= 0.3 is 0 Å². The number of hydrogen-bond donors (Lipinski definition) is 1. The van der Waals surface area contributed by atoms with E-state index < -0.39 is 0 Å².